The Morgan fingerprint density at radius 2 is 1.78 bits per heavy atom. The second-order valence-corrected chi connectivity index (χ2v) is 3.84. The maximum atomic E-state index is 13.0. The summed E-state index contributed by atoms with van der Waals surface area (Å²) in [6.45, 7) is -0.685. The van der Waals surface area contributed by atoms with Gasteiger partial charge in [0.1, 0.15) is 17.0 Å². The fourth-order valence-electron chi connectivity index (χ4n) is 1.71. The summed E-state index contributed by atoms with van der Waals surface area (Å²) >= 11 is 0. The zero-order valence-electron chi connectivity index (χ0n) is 9.17. The molecule has 0 aliphatic carbocycles. The Kier molecular flexibility index (Phi) is 4.28. The molecule has 0 spiro atoms. The van der Waals surface area contributed by atoms with Gasteiger partial charge in [0.05, 0.1) is 0 Å². The Morgan fingerprint density at radius 1 is 1.28 bits per heavy atom. The summed E-state index contributed by atoms with van der Waals surface area (Å²) in [4.78, 5) is 11.2. The molecule has 0 radical (unpaired) electrons. The minimum absolute atomic E-state index is 0.407. The number of aliphatic carboxylic acids is 1. The van der Waals surface area contributed by atoms with Crippen LogP contribution in [0.4, 0.5) is 17.6 Å². The van der Waals surface area contributed by atoms with Gasteiger partial charge in [0.15, 0.2) is 0 Å². The van der Waals surface area contributed by atoms with Crippen molar-refractivity contribution in [2.75, 3.05) is 6.54 Å². The van der Waals surface area contributed by atoms with Crippen molar-refractivity contribution in [1.29, 1.82) is 0 Å². The van der Waals surface area contributed by atoms with Gasteiger partial charge in [-0.3, -0.25) is 4.79 Å². The maximum Gasteiger partial charge on any atom is 0.315 e. The summed E-state index contributed by atoms with van der Waals surface area (Å²) in [6, 6.07) is 1.92. The van der Waals surface area contributed by atoms with E-state index in [0.29, 0.717) is 18.2 Å². The van der Waals surface area contributed by atoms with Crippen LogP contribution in [0.2, 0.25) is 0 Å². The molecule has 3 N–H and O–H groups in total. The van der Waals surface area contributed by atoms with E-state index in [1.54, 1.807) is 0 Å². The molecule has 0 saturated carbocycles. The van der Waals surface area contributed by atoms with Crippen LogP contribution in [0, 0.1) is 11.6 Å². The van der Waals surface area contributed by atoms with Crippen LogP contribution in [0.25, 0.3) is 0 Å². The molecule has 0 bridgehead atoms. The number of hydrogen-bond donors (Lipinski definition) is 2. The number of hydrogen-bond acceptors (Lipinski definition) is 2. The summed E-state index contributed by atoms with van der Waals surface area (Å²) in [5.74, 6) is -3.73. The Labute approximate surface area is 100 Å². The lowest BCUT2D eigenvalue weighted by atomic mass is 9.77. The lowest BCUT2D eigenvalue weighted by molar-refractivity contribution is -0.145. The quantitative estimate of drug-likeness (QED) is 0.799. The highest BCUT2D eigenvalue weighted by Crippen LogP contribution is 2.31. The van der Waals surface area contributed by atoms with Crippen molar-refractivity contribution in [2.45, 2.75) is 18.3 Å². The van der Waals surface area contributed by atoms with Crippen molar-refractivity contribution in [1.82, 2.24) is 0 Å². The molecule has 0 amide bonds. The molecule has 0 aliphatic heterocycles. The molecule has 0 fully saturated rings. The highest BCUT2D eigenvalue weighted by Gasteiger charge is 2.42. The van der Waals surface area contributed by atoms with E-state index in [4.69, 9.17) is 10.8 Å². The van der Waals surface area contributed by atoms with Gasteiger partial charge in [0.25, 0.3) is 0 Å². The molecule has 3 nitrogen and oxygen atoms in total. The molecule has 1 atom stereocenters. The van der Waals surface area contributed by atoms with E-state index < -0.39 is 48.0 Å². The Balaban J connectivity index is 3.36. The van der Waals surface area contributed by atoms with E-state index >= 15 is 0 Å². The zero-order valence-corrected chi connectivity index (χ0v) is 9.17. The normalized spacial score (nSPS) is 14.6. The molecule has 1 aromatic rings. The minimum Gasteiger partial charge on any atom is -0.481 e. The maximum absolute atomic E-state index is 13.0. The molecular formula is C11H11F4NO2. The molecule has 1 aromatic carbocycles. The van der Waals surface area contributed by atoms with Gasteiger partial charge in [0, 0.05) is 19.0 Å². The number of benzene rings is 1. The largest absolute Gasteiger partial charge is 0.481 e. The number of halogens is 4. The van der Waals surface area contributed by atoms with E-state index in [1.807, 2.05) is 0 Å². The highest BCUT2D eigenvalue weighted by atomic mass is 19.3. The monoisotopic (exact) mass is 265 g/mol. The van der Waals surface area contributed by atoms with Crippen molar-refractivity contribution in [3.8, 4) is 0 Å². The number of carbonyl (C=O) groups is 1. The van der Waals surface area contributed by atoms with Gasteiger partial charge in [-0.2, -0.15) is 0 Å². The minimum atomic E-state index is -2.96. The predicted molar refractivity (Wildman–Crippen MR) is 55.3 cm³/mol. The Hall–Kier alpha value is -1.63. The Bertz CT molecular complexity index is 432. The summed E-state index contributed by atoms with van der Waals surface area (Å²) < 4.78 is 51.0. The molecule has 0 heterocycles. The standard InChI is InChI=1S/C11H11F4NO2/c12-7-1-6(2-8(13)3-7)11(5-16,10(17)18)4-9(14)15/h1-3,9H,4-5,16H2,(H,17,18). The zero-order chi connectivity index (χ0) is 13.9. The third kappa shape index (κ3) is 2.79. The first kappa shape index (κ1) is 14.4. The van der Waals surface area contributed by atoms with Crippen molar-refractivity contribution >= 4 is 5.97 Å². The van der Waals surface area contributed by atoms with Gasteiger partial charge in [-0.15, -0.1) is 0 Å². The van der Waals surface area contributed by atoms with E-state index in [2.05, 4.69) is 0 Å². The van der Waals surface area contributed by atoms with Crippen molar-refractivity contribution in [3.63, 3.8) is 0 Å². The lowest BCUT2D eigenvalue weighted by Crippen LogP contribution is -2.44. The van der Waals surface area contributed by atoms with Crippen LogP contribution in [0.1, 0.15) is 12.0 Å². The van der Waals surface area contributed by atoms with Crippen molar-refractivity contribution < 1.29 is 27.5 Å². The predicted octanol–water partition coefficient (Wildman–Crippen LogP) is 1.90. The number of nitrogens with two attached hydrogens (primary N) is 1. The molecular weight excluding hydrogens is 254 g/mol. The summed E-state index contributed by atoms with van der Waals surface area (Å²) in [6.07, 6.45) is -4.07. The third-order valence-electron chi connectivity index (χ3n) is 2.68. The summed E-state index contributed by atoms with van der Waals surface area (Å²) in [5.41, 5.74) is 2.63. The van der Waals surface area contributed by atoms with E-state index in [9.17, 15) is 22.4 Å². The van der Waals surface area contributed by atoms with E-state index in [-0.39, 0.29) is 0 Å². The van der Waals surface area contributed by atoms with Crippen molar-refractivity contribution in [2.24, 2.45) is 5.73 Å². The van der Waals surface area contributed by atoms with Crippen LogP contribution >= 0.6 is 0 Å². The average Bonchev–Trinajstić information content (AvgIpc) is 2.23. The van der Waals surface area contributed by atoms with Crippen molar-refractivity contribution in [3.05, 3.63) is 35.4 Å². The van der Waals surface area contributed by atoms with Crippen LogP contribution in [-0.2, 0) is 10.2 Å². The third-order valence-corrected chi connectivity index (χ3v) is 2.68. The second kappa shape index (κ2) is 5.34. The fraction of sp³-hybridized carbons (Fsp3) is 0.364. The van der Waals surface area contributed by atoms with E-state index in [1.165, 1.54) is 0 Å². The summed E-state index contributed by atoms with van der Waals surface area (Å²) in [7, 11) is 0. The van der Waals surface area contributed by atoms with Crippen LogP contribution in [-0.4, -0.2) is 24.0 Å². The van der Waals surface area contributed by atoms with Gasteiger partial charge >= 0.3 is 5.97 Å². The number of rotatable bonds is 5. The van der Waals surface area contributed by atoms with Crippen LogP contribution in [0.5, 0.6) is 0 Å². The smallest absolute Gasteiger partial charge is 0.315 e. The first-order chi connectivity index (χ1) is 8.31. The number of carboxylic acids is 1. The molecule has 1 rings (SSSR count). The molecule has 18 heavy (non-hydrogen) atoms. The molecule has 7 heteroatoms. The molecule has 1 unspecified atom stereocenters. The highest BCUT2D eigenvalue weighted by molar-refractivity contribution is 5.81. The van der Waals surface area contributed by atoms with Gasteiger partial charge in [-0.1, -0.05) is 0 Å². The lowest BCUT2D eigenvalue weighted by Gasteiger charge is -2.28. The topological polar surface area (TPSA) is 63.3 Å². The van der Waals surface area contributed by atoms with Crippen LogP contribution in [0.3, 0.4) is 0 Å². The van der Waals surface area contributed by atoms with Gasteiger partial charge < -0.3 is 10.8 Å². The molecule has 0 aromatic heterocycles. The van der Waals surface area contributed by atoms with Gasteiger partial charge in [-0.25, -0.2) is 17.6 Å². The number of alkyl halides is 2. The van der Waals surface area contributed by atoms with Crippen LogP contribution in [0.15, 0.2) is 18.2 Å². The van der Waals surface area contributed by atoms with Gasteiger partial charge in [-0.05, 0) is 17.7 Å². The SMILES string of the molecule is NCC(CC(F)F)(C(=O)O)c1cc(F)cc(F)c1. The second-order valence-electron chi connectivity index (χ2n) is 3.84. The number of carboxylic acid groups (broad SMARTS) is 1. The summed E-state index contributed by atoms with van der Waals surface area (Å²) in [5, 5.41) is 9.05. The van der Waals surface area contributed by atoms with Crippen LogP contribution < -0.4 is 5.73 Å². The Morgan fingerprint density at radius 3 is 2.11 bits per heavy atom. The first-order valence-corrected chi connectivity index (χ1v) is 5.00. The fourth-order valence-corrected chi connectivity index (χ4v) is 1.71. The molecule has 100 valence electrons. The molecule has 0 aliphatic rings. The van der Waals surface area contributed by atoms with Gasteiger partial charge in [0.2, 0.25) is 6.43 Å². The molecule has 0 saturated heterocycles. The average molecular weight is 265 g/mol. The first-order valence-electron chi connectivity index (χ1n) is 5.00. The van der Waals surface area contributed by atoms with E-state index in [0.717, 1.165) is 0 Å².